The van der Waals surface area contributed by atoms with E-state index in [1.807, 2.05) is 48.5 Å². The standard InChI is InChI=1S/C27H33BrClN5O2/c1-5-6-11-16-33(26(36)30-21-14-9-7-12-19(21)28)18-25(35)31-24-17-23(27(2,3)4)32-34(24)22-15-10-8-13-20(22)29/h7-10,12-15,17H,5-6,11,16,18H2,1-4H3,(H,30,36)(H,31,35). The molecule has 36 heavy (non-hydrogen) atoms. The molecule has 1 heterocycles. The third-order valence-corrected chi connectivity index (χ3v) is 6.61. The Morgan fingerprint density at radius 2 is 1.75 bits per heavy atom. The summed E-state index contributed by atoms with van der Waals surface area (Å²) in [6, 6.07) is 16.2. The summed E-state index contributed by atoms with van der Waals surface area (Å²) in [6.07, 6.45) is 2.78. The first-order valence-electron chi connectivity index (χ1n) is 12.1. The van der Waals surface area contributed by atoms with Crippen LogP contribution in [0.25, 0.3) is 5.69 Å². The molecule has 0 fully saturated rings. The number of halogens is 2. The summed E-state index contributed by atoms with van der Waals surface area (Å²) in [7, 11) is 0. The number of nitrogens with one attached hydrogen (secondary N) is 2. The smallest absolute Gasteiger partial charge is 0.315 e. The van der Waals surface area contributed by atoms with Gasteiger partial charge >= 0.3 is 6.03 Å². The lowest BCUT2D eigenvalue weighted by Gasteiger charge is -2.23. The van der Waals surface area contributed by atoms with E-state index in [9.17, 15) is 9.59 Å². The number of nitrogens with zero attached hydrogens (tertiary/aromatic N) is 3. The number of unbranched alkanes of at least 4 members (excludes halogenated alkanes) is 2. The van der Waals surface area contributed by atoms with Crippen molar-refractivity contribution in [2.24, 2.45) is 0 Å². The molecular formula is C27H33BrClN5O2. The van der Waals surface area contributed by atoms with Gasteiger partial charge in [-0.05, 0) is 46.6 Å². The lowest BCUT2D eigenvalue weighted by atomic mass is 9.92. The van der Waals surface area contributed by atoms with Crippen molar-refractivity contribution in [2.75, 3.05) is 23.7 Å². The molecule has 0 spiro atoms. The van der Waals surface area contributed by atoms with Crippen molar-refractivity contribution in [1.82, 2.24) is 14.7 Å². The van der Waals surface area contributed by atoms with Crippen LogP contribution in [0.4, 0.5) is 16.3 Å². The Morgan fingerprint density at radius 1 is 1.06 bits per heavy atom. The number of carbonyl (C=O) groups excluding carboxylic acids is 2. The molecule has 0 radical (unpaired) electrons. The van der Waals surface area contributed by atoms with Crippen LogP contribution in [0, 0.1) is 0 Å². The van der Waals surface area contributed by atoms with Crippen molar-refractivity contribution in [2.45, 2.75) is 52.4 Å². The number of aromatic nitrogens is 2. The molecule has 1 aromatic heterocycles. The van der Waals surface area contributed by atoms with Crippen LogP contribution in [0.3, 0.4) is 0 Å². The van der Waals surface area contributed by atoms with Gasteiger partial charge in [0.2, 0.25) is 5.91 Å². The molecule has 3 aromatic rings. The van der Waals surface area contributed by atoms with Crippen LogP contribution in [0.5, 0.6) is 0 Å². The first-order chi connectivity index (χ1) is 17.1. The number of urea groups is 1. The Labute approximate surface area is 226 Å². The van der Waals surface area contributed by atoms with Gasteiger partial charge < -0.3 is 15.5 Å². The Balaban J connectivity index is 1.82. The molecule has 0 saturated carbocycles. The molecule has 0 atom stereocenters. The zero-order valence-electron chi connectivity index (χ0n) is 21.1. The van der Waals surface area contributed by atoms with Gasteiger partial charge in [-0.1, -0.05) is 76.4 Å². The lowest BCUT2D eigenvalue weighted by Crippen LogP contribution is -2.41. The van der Waals surface area contributed by atoms with Crippen molar-refractivity contribution >= 4 is 51.0 Å². The normalized spacial score (nSPS) is 11.3. The zero-order chi connectivity index (χ0) is 26.3. The first kappa shape index (κ1) is 27.7. The van der Waals surface area contributed by atoms with E-state index in [2.05, 4.69) is 54.3 Å². The van der Waals surface area contributed by atoms with Crippen molar-refractivity contribution in [1.29, 1.82) is 0 Å². The van der Waals surface area contributed by atoms with Crippen molar-refractivity contribution in [3.05, 3.63) is 69.8 Å². The molecule has 7 nitrogen and oxygen atoms in total. The third-order valence-electron chi connectivity index (χ3n) is 5.59. The van der Waals surface area contributed by atoms with Crippen LogP contribution in [-0.2, 0) is 10.2 Å². The second-order valence-corrected chi connectivity index (χ2v) is 10.9. The number of amides is 3. The molecule has 3 amide bonds. The summed E-state index contributed by atoms with van der Waals surface area (Å²) in [4.78, 5) is 27.8. The maximum absolute atomic E-state index is 13.2. The Bertz CT molecular complexity index is 1200. The Morgan fingerprint density at radius 3 is 2.42 bits per heavy atom. The van der Waals surface area contributed by atoms with Gasteiger partial charge in [-0.2, -0.15) is 5.10 Å². The van der Waals surface area contributed by atoms with Crippen LogP contribution in [0.2, 0.25) is 5.02 Å². The summed E-state index contributed by atoms with van der Waals surface area (Å²) in [5, 5.41) is 11.1. The van der Waals surface area contributed by atoms with E-state index in [1.54, 1.807) is 10.7 Å². The predicted molar refractivity (Wildman–Crippen MR) is 150 cm³/mol. The molecule has 2 aromatic carbocycles. The minimum absolute atomic E-state index is 0.0987. The largest absolute Gasteiger partial charge is 0.322 e. The van der Waals surface area contributed by atoms with Gasteiger partial charge in [0.05, 0.1) is 22.1 Å². The van der Waals surface area contributed by atoms with Gasteiger partial charge in [-0.25, -0.2) is 9.48 Å². The lowest BCUT2D eigenvalue weighted by molar-refractivity contribution is -0.116. The second kappa shape index (κ2) is 12.4. The highest BCUT2D eigenvalue weighted by molar-refractivity contribution is 9.10. The topological polar surface area (TPSA) is 79.3 Å². The van der Waals surface area contributed by atoms with E-state index < -0.39 is 0 Å². The van der Waals surface area contributed by atoms with Gasteiger partial charge in [0, 0.05) is 22.5 Å². The minimum atomic E-state index is -0.330. The molecule has 2 N–H and O–H groups in total. The van der Waals surface area contributed by atoms with E-state index in [0.717, 1.165) is 29.4 Å². The maximum Gasteiger partial charge on any atom is 0.322 e. The van der Waals surface area contributed by atoms with E-state index in [0.29, 0.717) is 28.8 Å². The first-order valence-corrected chi connectivity index (χ1v) is 13.2. The molecular weight excluding hydrogens is 542 g/mol. The predicted octanol–water partition coefficient (Wildman–Crippen LogP) is 7.25. The number of anilines is 2. The highest BCUT2D eigenvalue weighted by Gasteiger charge is 2.24. The second-order valence-electron chi connectivity index (χ2n) is 9.61. The van der Waals surface area contributed by atoms with Crippen LogP contribution in [0.15, 0.2) is 59.1 Å². The summed E-state index contributed by atoms with van der Waals surface area (Å²) < 4.78 is 2.42. The number of para-hydroxylation sites is 2. The number of rotatable bonds is 9. The van der Waals surface area contributed by atoms with E-state index in [-0.39, 0.29) is 23.9 Å². The Kier molecular flexibility index (Phi) is 9.56. The molecule has 0 bridgehead atoms. The molecule has 0 unspecified atom stereocenters. The van der Waals surface area contributed by atoms with E-state index >= 15 is 0 Å². The number of hydrogen-bond acceptors (Lipinski definition) is 3. The minimum Gasteiger partial charge on any atom is -0.315 e. The van der Waals surface area contributed by atoms with E-state index in [4.69, 9.17) is 16.7 Å². The quantitative estimate of drug-likeness (QED) is 0.264. The van der Waals surface area contributed by atoms with Crippen LogP contribution in [0.1, 0.15) is 52.7 Å². The van der Waals surface area contributed by atoms with Crippen LogP contribution < -0.4 is 10.6 Å². The summed E-state index contributed by atoms with van der Waals surface area (Å²) in [6.45, 7) is 8.63. The van der Waals surface area contributed by atoms with Gasteiger partial charge in [0.15, 0.2) is 0 Å². The van der Waals surface area contributed by atoms with Crippen molar-refractivity contribution < 1.29 is 9.59 Å². The molecule has 3 rings (SSSR count). The fraction of sp³-hybridized carbons (Fsp3) is 0.370. The van der Waals surface area contributed by atoms with Crippen molar-refractivity contribution in [3.8, 4) is 5.69 Å². The zero-order valence-corrected chi connectivity index (χ0v) is 23.5. The summed E-state index contributed by atoms with van der Waals surface area (Å²) in [5.41, 5.74) is 1.89. The molecule has 0 aliphatic carbocycles. The average Bonchev–Trinajstić information content (AvgIpc) is 3.24. The number of carbonyl (C=O) groups is 2. The van der Waals surface area contributed by atoms with E-state index in [1.165, 1.54) is 4.90 Å². The Hall–Kier alpha value is -2.84. The molecule has 9 heteroatoms. The molecule has 0 aliphatic heterocycles. The van der Waals surface area contributed by atoms with Crippen LogP contribution in [-0.4, -0.2) is 39.7 Å². The maximum atomic E-state index is 13.2. The highest BCUT2D eigenvalue weighted by Crippen LogP contribution is 2.29. The van der Waals surface area contributed by atoms with Gasteiger partial charge in [-0.3, -0.25) is 4.79 Å². The van der Waals surface area contributed by atoms with Gasteiger partial charge in [0.25, 0.3) is 0 Å². The monoisotopic (exact) mass is 573 g/mol. The molecule has 192 valence electrons. The third kappa shape index (κ3) is 7.34. The fourth-order valence-electron chi connectivity index (χ4n) is 3.56. The summed E-state index contributed by atoms with van der Waals surface area (Å²) >= 11 is 9.89. The molecule has 0 aliphatic rings. The van der Waals surface area contributed by atoms with Gasteiger partial charge in [-0.15, -0.1) is 0 Å². The highest BCUT2D eigenvalue weighted by atomic mass is 79.9. The fourth-order valence-corrected chi connectivity index (χ4v) is 4.16. The van der Waals surface area contributed by atoms with Crippen LogP contribution >= 0.6 is 27.5 Å². The SMILES string of the molecule is CCCCCN(CC(=O)Nc1cc(C(C)(C)C)nn1-c1ccccc1Cl)C(=O)Nc1ccccc1Br. The number of hydrogen-bond donors (Lipinski definition) is 2. The van der Waals surface area contributed by atoms with Gasteiger partial charge in [0.1, 0.15) is 12.4 Å². The average molecular weight is 575 g/mol. The number of benzene rings is 2. The molecule has 0 saturated heterocycles. The van der Waals surface area contributed by atoms with Crippen molar-refractivity contribution in [3.63, 3.8) is 0 Å². The summed E-state index contributed by atoms with van der Waals surface area (Å²) in [5.74, 6) is 0.181.